The lowest BCUT2D eigenvalue weighted by molar-refractivity contribution is -0.201. The second-order valence-corrected chi connectivity index (χ2v) is 11.5. The third-order valence-corrected chi connectivity index (χ3v) is 7.45. The fourth-order valence-electron chi connectivity index (χ4n) is 6.05. The summed E-state index contributed by atoms with van der Waals surface area (Å²) in [5.41, 5.74) is -1.17. The summed E-state index contributed by atoms with van der Waals surface area (Å²) in [5.74, 6) is -0.838. The van der Waals surface area contributed by atoms with E-state index in [0.29, 0.717) is 18.8 Å². The van der Waals surface area contributed by atoms with Gasteiger partial charge in [-0.3, -0.25) is 9.59 Å². The van der Waals surface area contributed by atoms with E-state index >= 15 is 0 Å². The standard InChI is InChI=1S/C27H42O10/c1-6-33-21(28)15-32-13-20(35-16-22(29)34-7-2)14-36-25(31)27-10-17-8-18(11-27)23(19(9-17)12-27)37-24(30)26(3,4)5/h17-20,23H,6-16H2,1-5H3. The van der Waals surface area contributed by atoms with Crippen molar-refractivity contribution in [3.63, 3.8) is 0 Å². The second kappa shape index (κ2) is 12.6. The van der Waals surface area contributed by atoms with Crippen molar-refractivity contribution in [2.75, 3.05) is 39.6 Å². The van der Waals surface area contributed by atoms with Gasteiger partial charge in [0.15, 0.2) is 0 Å². The van der Waals surface area contributed by atoms with E-state index in [1.54, 1.807) is 13.8 Å². The molecule has 4 fully saturated rings. The SMILES string of the molecule is CCOC(=O)COCC(COC(=O)C12CC3CC(C1)C(OC(=O)C(C)(C)C)C(C3)C2)OCC(=O)OCC. The van der Waals surface area contributed by atoms with Gasteiger partial charge < -0.3 is 28.4 Å². The molecule has 4 aliphatic rings. The molecule has 37 heavy (non-hydrogen) atoms. The number of hydrogen-bond donors (Lipinski definition) is 0. The van der Waals surface area contributed by atoms with Crippen molar-refractivity contribution in [3.05, 3.63) is 0 Å². The average molecular weight is 527 g/mol. The molecule has 10 nitrogen and oxygen atoms in total. The molecule has 4 bridgehead atoms. The molecule has 0 aromatic carbocycles. The quantitative estimate of drug-likeness (QED) is 0.261. The molecule has 3 unspecified atom stereocenters. The van der Waals surface area contributed by atoms with Crippen LogP contribution in [0.15, 0.2) is 0 Å². The zero-order valence-corrected chi connectivity index (χ0v) is 22.7. The van der Waals surface area contributed by atoms with Gasteiger partial charge in [0, 0.05) is 0 Å². The van der Waals surface area contributed by atoms with Gasteiger partial charge in [0.2, 0.25) is 0 Å². The summed E-state index contributed by atoms with van der Waals surface area (Å²) in [6, 6.07) is 0. The molecule has 210 valence electrons. The van der Waals surface area contributed by atoms with Crippen LogP contribution in [0.2, 0.25) is 0 Å². The summed E-state index contributed by atoms with van der Waals surface area (Å²) in [7, 11) is 0. The van der Waals surface area contributed by atoms with E-state index < -0.39 is 28.9 Å². The summed E-state index contributed by atoms with van der Waals surface area (Å²) >= 11 is 0. The van der Waals surface area contributed by atoms with E-state index in [2.05, 4.69) is 0 Å². The van der Waals surface area contributed by atoms with Crippen molar-refractivity contribution in [1.29, 1.82) is 0 Å². The first-order valence-corrected chi connectivity index (χ1v) is 13.4. The number of carbonyl (C=O) groups excluding carboxylic acids is 4. The minimum atomic E-state index is -0.753. The maximum atomic E-state index is 13.4. The molecule has 0 N–H and O–H groups in total. The van der Waals surface area contributed by atoms with E-state index in [1.807, 2.05) is 20.8 Å². The second-order valence-electron chi connectivity index (χ2n) is 11.5. The summed E-state index contributed by atoms with van der Waals surface area (Å²) < 4.78 is 32.4. The highest BCUT2D eigenvalue weighted by Gasteiger charge is 2.60. The molecule has 4 rings (SSSR count). The van der Waals surface area contributed by atoms with Crippen LogP contribution in [0.3, 0.4) is 0 Å². The van der Waals surface area contributed by atoms with Crippen LogP contribution < -0.4 is 0 Å². The van der Waals surface area contributed by atoms with E-state index in [0.717, 1.165) is 19.3 Å². The van der Waals surface area contributed by atoms with Crippen molar-refractivity contribution in [1.82, 2.24) is 0 Å². The Kier molecular flexibility index (Phi) is 9.97. The average Bonchev–Trinajstić information content (AvgIpc) is 2.81. The lowest BCUT2D eigenvalue weighted by Crippen LogP contribution is -2.58. The number of carbonyl (C=O) groups is 4. The van der Waals surface area contributed by atoms with Crippen LogP contribution in [0.5, 0.6) is 0 Å². The fraction of sp³-hybridized carbons (Fsp3) is 0.852. The molecule has 0 amide bonds. The number of ether oxygens (including phenoxy) is 6. The fourth-order valence-corrected chi connectivity index (χ4v) is 6.05. The van der Waals surface area contributed by atoms with Crippen molar-refractivity contribution >= 4 is 23.9 Å². The topological polar surface area (TPSA) is 124 Å². The first-order chi connectivity index (χ1) is 17.5. The predicted octanol–water partition coefficient (Wildman–Crippen LogP) is 2.84. The van der Waals surface area contributed by atoms with Gasteiger partial charge in [0.1, 0.15) is 32.0 Å². The van der Waals surface area contributed by atoms with Crippen LogP contribution in [0.25, 0.3) is 0 Å². The van der Waals surface area contributed by atoms with Crippen molar-refractivity contribution < 1.29 is 47.6 Å². The maximum absolute atomic E-state index is 13.4. The largest absolute Gasteiger partial charge is 0.464 e. The molecule has 0 radical (unpaired) electrons. The van der Waals surface area contributed by atoms with Gasteiger partial charge in [-0.25, -0.2) is 9.59 Å². The Morgan fingerprint density at radius 2 is 1.43 bits per heavy atom. The molecule has 0 aromatic rings. The van der Waals surface area contributed by atoms with Gasteiger partial charge >= 0.3 is 23.9 Å². The number of hydrogen-bond acceptors (Lipinski definition) is 10. The van der Waals surface area contributed by atoms with E-state index in [4.69, 9.17) is 28.4 Å². The van der Waals surface area contributed by atoms with Crippen LogP contribution in [0, 0.1) is 28.6 Å². The van der Waals surface area contributed by atoms with Gasteiger partial charge in [0.25, 0.3) is 0 Å². The third-order valence-electron chi connectivity index (χ3n) is 7.45. The molecule has 10 heteroatoms. The molecule has 3 atom stereocenters. The Morgan fingerprint density at radius 3 is 2.00 bits per heavy atom. The Labute approximate surface area is 219 Å². The van der Waals surface area contributed by atoms with Crippen LogP contribution in [-0.4, -0.2) is 75.7 Å². The first-order valence-electron chi connectivity index (χ1n) is 13.4. The zero-order chi connectivity index (χ0) is 27.2. The first kappa shape index (κ1) is 29.4. The van der Waals surface area contributed by atoms with E-state index in [-0.39, 0.29) is 69.5 Å². The highest BCUT2D eigenvalue weighted by atomic mass is 16.6. The van der Waals surface area contributed by atoms with Crippen molar-refractivity contribution in [3.8, 4) is 0 Å². The zero-order valence-electron chi connectivity index (χ0n) is 22.7. The van der Waals surface area contributed by atoms with E-state index in [1.165, 1.54) is 0 Å². The maximum Gasteiger partial charge on any atom is 0.332 e. The van der Waals surface area contributed by atoms with Crippen LogP contribution in [0.1, 0.15) is 66.7 Å². The molecule has 0 aliphatic heterocycles. The summed E-state index contributed by atoms with van der Waals surface area (Å²) in [6.45, 7) is 8.63. The van der Waals surface area contributed by atoms with Gasteiger partial charge in [0.05, 0.1) is 30.7 Å². The minimum Gasteiger partial charge on any atom is -0.464 e. The molecular formula is C27H42O10. The van der Waals surface area contributed by atoms with E-state index in [9.17, 15) is 19.2 Å². The van der Waals surface area contributed by atoms with Crippen LogP contribution >= 0.6 is 0 Å². The Morgan fingerprint density at radius 1 is 0.838 bits per heavy atom. The summed E-state index contributed by atoms with van der Waals surface area (Å²) in [6.07, 6.45) is 3.05. The Balaban J connectivity index is 1.58. The molecule has 0 aromatic heterocycles. The highest BCUT2D eigenvalue weighted by Crippen LogP contribution is 2.61. The molecule has 0 spiro atoms. The summed E-state index contributed by atoms with van der Waals surface area (Å²) in [5, 5.41) is 0. The van der Waals surface area contributed by atoms with Crippen molar-refractivity contribution in [2.45, 2.75) is 78.9 Å². The van der Waals surface area contributed by atoms with Gasteiger partial charge in [-0.15, -0.1) is 0 Å². The molecule has 4 aliphatic carbocycles. The van der Waals surface area contributed by atoms with Crippen molar-refractivity contribution in [2.24, 2.45) is 28.6 Å². The normalized spacial score (nSPS) is 28.9. The highest BCUT2D eigenvalue weighted by molar-refractivity contribution is 5.78. The molecule has 4 saturated carbocycles. The third kappa shape index (κ3) is 7.66. The van der Waals surface area contributed by atoms with Gasteiger partial charge in [-0.2, -0.15) is 0 Å². The number of esters is 4. The lowest BCUT2D eigenvalue weighted by atomic mass is 9.48. The molecule has 0 saturated heterocycles. The minimum absolute atomic E-state index is 0.0583. The number of rotatable bonds is 13. The van der Waals surface area contributed by atoms with Crippen LogP contribution in [-0.2, 0) is 47.6 Å². The lowest BCUT2D eigenvalue weighted by Gasteiger charge is -2.58. The Hall–Kier alpha value is -2.20. The molecule has 0 heterocycles. The summed E-state index contributed by atoms with van der Waals surface area (Å²) in [4.78, 5) is 49.3. The monoisotopic (exact) mass is 526 g/mol. The molecular weight excluding hydrogens is 484 g/mol. The van der Waals surface area contributed by atoms with Crippen LogP contribution in [0.4, 0.5) is 0 Å². The predicted molar refractivity (Wildman–Crippen MR) is 130 cm³/mol. The van der Waals surface area contributed by atoms with Gasteiger partial charge in [-0.05, 0) is 84.5 Å². The van der Waals surface area contributed by atoms with Gasteiger partial charge in [-0.1, -0.05) is 0 Å². The smallest absolute Gasteiger partial charge is 0.332 e. The Bertz CT molecular complexity index is 816.